The van der Waals surface area contributed by atoms with Crippen LogP contribution in [0.3, 0.4) is 0 Å². The molecule has 3 heterocycles. The lowest BCUT2D eigenvalue weighted by atomic mass is 9.87. The first-order valence-corrected chi connectivity index (χ1v) is 9.23. The summed E-state index contributed by atoms with van der Waals surface area (Å²) in [6.45, 7) is 9.84. The van der Waals surface area contributed by atoms with Crippen molar-refractivity contribution in [3.05, 3.63) is 0 Å². The first-order valence-electron chi connectivity index (χ1n) is 9.23. The molecule has 0 unspecified atom stereocenters. The maximum atomic E-state index is 12.5. The van der Waals surface area contributed by atoms with Gasteiger partial charge < -0.3 is 14.5 Å². The number of nitrogens with zero attached hydrogens (tertiary/aromatic N) is 2. The van der Waals surface area contributed by atoms with Crippen molar-refractivity contribution in [2.75, 3.05) is 32.8 Å². The Labute approximate surface area is 135 Å². The number of carbonyl (C=O) groups excluding carboxylic acids is 1. The Bertz CT molecular complexity index is 393. The fourth-order valence-electron chi connectivity index (χ4n) is 4.62. The van der Waals surface area contributed by atoms with Crippen LogP contribution in [-0.4, -0.2) is 60.1 Å². The Morgan fingerprint density at radius 1 is 1.23 bits per heavy atom. The van der Waals surface area contributed by atoms with Gasteiger partial charge in [0.15, 0.2) is 0 Å². The number of rotatable bonds is 4. The van der Waals surface area contributed by atoms with Crippen molar-refractivity contribution in [3.8, 4) is 0 Å². The number of likely N-dealkylation sites (tertiary alicyclic amines) is 2. The average Bonchev–Trinajstić information content (AvgIpc) is 3.02. The smallest absolute Gasteiger partial charge is 0.223 e. The fraction of sp³-hybridized carbons (Fsp3) is 0.944. The lowest BCUT2D eigenvalue weighted by Gasteiger charge is -2.39. The Hall–Kier alpha value is -0.610. The lowest BCUT2D eigenvalue weighted by Crippen LogP contribution is -2.49. The van der Waals surface area contributed by atoms with Gasteiger partial charge in [-0.2, -0.15) is 0 Å². The molecule has 1 amide bonds. The maximum absolute atomic E-state index is 12.5. The average molecular weight is 308 g/mol. The monoisotopic (exact) mass is 308 g/mol. The van der Waals surface area contributed by atoms with Gasteiger partial charge >= 0.3 is 0 Å². The SMILES string of the molecule is CC(C)CN1CCC[C@]2(CCC(=O)N2C[C@@H]2CCCO2)CC1. The Morgan fingerprint density at radius 3 is 2.82 bits per heavy atom. The maximum Gasteiger partial charge on any atom is 0.223 e. The van der Waals surface area contributed by atoms with Crippen LogP contribution in [-0.2, 0) is 9.53 Å². The molecule has 0 aromatic heterocycles. The second kappa shape index (κ2) is 6.88. The van der Waals surface area contributed by atoms with Crippen LogP contribution in [0.15, 0.2) is 0 Å². The third-order valence-electron chi connectivity index (χ3n) is 5.72. The van der Waals surface area contributed by atoms with Crippen molar-refractivity contribution in [2.45, 2.75) is 70.4 Å². The van der Waals surface area contributed by atoms with Gasteiger partial charge in [0.05, 0.1) is 6.10 Å². The highest BCUT2D eigenvalue weighted by Crippen LogP contribution is 2.39. The zero-order chi connectivity index (χ0) is 15.6. The zero-order valence-corrected chi connectivity index (χ0v) is 14.4. The minimum atomic E-state index is 0.134. The first kappa shape index (κ1) is 16.3. The summed E-state index contributed by atoms with van der Waals surface area (Å²) in [4.78, 5) is 17.3. The molecule has 126 valence electrons. The van der Waals surface area contributed by atoms with E-state index in [1.54, 1.807) is 0 Å². The van der Waals surface area contributed by atoms with E-state index in [1.807, 2.05) is 0 Å². The molecule has 22 heavy (non-hydrogen) atoms. The van der Waals surface area contributed by atoms with E-state index in [2.05, 4.69) is 23.6 Å². The topological polar surface area (TPSA) is 32.8 Å². The Balaban J connectivity index is 1.65. The standard InChI is InChI=1S/C18H32N2O2/c1-15(2)13-19-10-4-7-18(9-11-19)8-6-17(21)20(18)14-16-5-3-12-22-16/h15-16H,3-14H2,1-2H3/t16-,18-/m0/s1. The Kier molecular flexibility index (Phi) is 5.08. The summed E-state index contributed by atoms with van der Waals surface area (Å²) in [6.07, 6.45) is 7.93. The van der Waals surface area contributed by atoms with E-state index in [0.29, 0.717) is 5.91 Å². The van der Waals surface area contributed by atoms with E-state index in [-0.39, 0.29) is 11.6 Å². The quantitative estimate of drug-likeness (QED) is 0.800. The van der Waals surface area contributed by atoms with Gasteiger partial charge in [0.1, 0.15) is 0 Å². The van der Waals surface area contributed by atoms with Crippen LogP contribution >= 0.6 is 0 Å². The molecule has 4 heteroatoms. The number of hydrogen-bond donors (Lipinski definition) is 0. The minimum Gasteiger partial charge on any atom is -0.376 e. The van der Waals surface area contributed by atoms with Crippen molar-refractivity contribution < 1.29 is 9.53 Å². The van der Waals surface area contributed by atoms with Crippen LogP contribution in [0, 0.1) is 5.92 Å². The van der Waals surface area contributed by atoms with Crippen molar-refractivity contribution in [2.24, 2.45) is 5.92 Å². The molecule has 1 spiro atoms. The molecule has 0 N–H and O–H groups in total. The van der Waals surface area contributed by atoms with Crippen LogP contribution in [0.5, 0.6) is 0 Å². The summed E-state index contributed by atoms with van der Waals surface area (Å²) < 4.78 is 5.80. The molecular weight excluding hydrogens is 276 g/mol. The summed E-state index contributed by atoms with van der Waals surface area (Å²) in [6, 6.07) is 0. The molecule has 0 saturated carbocycles. The number of hydrogen-bond acceptors (Lipinski definition) is 3. The van der Waals surface area contributed by atoms with Gasteiger partial charge in [-0.1, -0.05) is 13.8 Å². The number of amides is 1. The summed E-state index contributed by atoms with van der Waals surface area (Å²) in [5, 5.41) is 0. The highest BCUT2D eigenvalue weighted by atomic mass is 16.5. The third kappa shape index (κ3) is 3.48. The van der Waals surface area contributed by atoms with Crippen LogP contribution in [0.1, 0.15) is 58.8 Å². The minimum absolute atomic E-state index is 0.134. The van der Waals surface area contributed by atoms with Crippen LogP contribution < -0.4 is 0 Å². The molecule has 3 aliphatic rings. The predicted molar refractivity (Wildman–Crippen MR) is 87.8 cm³/mol. The number of ether oxygens (including phenoxy) is 1. The largest absolute Gasteiger partial charge is 0.376 e. The molecule has 3 aliphatic heterocycles. The van der Waals surface area contributed by atoms with Crippen molar-refractivity contribution in [1.82, 2.24) is 9.80 Å². The fourth-order valence-corrected chi connectivity index (χ4v) is 4.62. The van der Waals surface area contributed by atoms with Gasteiger partial charge in [0.2, 0.25) is 5.91 Å². The molecule has 0 aromatic carbocycles. The van der Waals surface area contributed by atoms with Gasteiger partial charge in [-0.3, -0.25) is 4.79 Å². The van der Waals surface area contributed by atoms with Crippen molar-refractivity contribution >= 4 is 5.91 Å². The van der Waals surface area contributed by atoms with Crippen molar-refractivity contribution in [1.29, 1.82) is 0 Å². The molecule has 0 bridgehead atoms. The lowest BCUT2D eigenvalue weighted by molar-refractivity contribution is -0.133. The van der Waals surface area contributed by atoms with E-state index in [1.165, 1.54) is 25.9 Å². The molecule has 3 rings (SSSR count). The summed E-state index contributed by atoms with van der Waals surface area (Å²) in [5.41, 5.74) is 0.134. The van der Waals surface area contributed by atoms with E-state index < -0.39 is 0 Å². The van der Waals surface area contributed by atoms with Crippen molar-refractivity contribution in [3.63, 3.8) is 0 Å². The van der Waals surface area contributed by atoms with Gasteiger partial charge in [0.25, 0.3) is 0 Å². The number of carbonyl (C=O) groups is 1. The predicted octanol–water partition coefficient (Wildman–Crippen LogP) is 2.67. The van der Waals surface area contributed by atoms with E-state index in [4.69, 9.17) is 4.74 Å². The summed E-state index contributed by atoms with van der Waals surface area (Å²) in [5.74, 6) is 1.09. The van der Waals surface area contributed by atoms with E-state index in [9.17, 15) is 4.79 Å². The molecule has 0 aliphatic carbocycles. The molecule has 3 saturated heterocycles. The molecule has 4 nitrogen and oxygen atoms in total. The van der Waals surface area contributed by atoms with Gasteiger partial charge in [0, 0.05) is 38.2 Å². The first-order chi connectivity index (χ1) is 10.6. The van der Waals surface area contributed by atoms with Gasteiger partial charge in [-0.15, -0.1) is 0 Å². The molecule has 2 atom stereocenters. The van der Waals surface area contributed by atoms with Crippen LogP contribution in [0.25, 0.3) is 0 Å². The normalized spacial score (nSPS) is 34.0. The highest BCUT2D eigenvalue weighted by molar-refractivity contribution is 5.79. The molecule has 3 fully saturated rings. The molecule has 0 radical (unpaired) electrons. The summed E-state index contributed by atoms with van der Waals surface area (Å²) >= 11 is 0. The van der Waals surface area contributed by atoms with Gasteiger partial charge in [-0.25, -0.2) is 0 Å². The molecule has 0 aromatic rings. The van der Waals surface area contributed by atoms with E-state index >= 15 is 0 Å². The van der Waals surface area contributed by atoms with Crippen LogP contribution in [0.4, 0.5) is 0 Å². The van der Waals surface area contributed by atoms with E-state index in [0.717, 1.165) is 57.7 Å². The molecular formula is C18H32N2O2. The van der Waals surface area contributed by atoms with Crippen LogP contribution in [0.2, 0.25) is 0 Å². The Morgan fingerprint density at radius 2 is 2.09 bits per heavy atom. The zero-order valence-electron chi connectivity index (χ0n) is 14.4. The summed E-state index contributed by atoms with van der Waals surface area (Å²) in [7, 11) is 0. The second-order valence-electron chi connectivity index (χ2n) is 7.91. The third-order valence-corrected chi connectivity index (χ3v) is 5.72. The second-order valence-corrected chi connectivity index (χ2v) is 7.91. The van der Waals surface area contributed by atoms with Gasteiger partial charge in [-0.05, 0) is 51.0 Å². The highest BCUT2D eigenvalue weighted by Gasteiger charge is 2.46.